The van der Waals surface area contributed by atoms with Gasteiger partial charge in [-0.1, -0.05) is 11.6 Å². The summed E-state index contributed by atoms with van der Waals surface area (Å²) in [6.07, 6.45) is 0. The molecular weight excluding hydrogens is 240 g/mol. The first-order valence-corrected chi connectivity index (χ1v) is 5.77. The first kappa shape index (κ1) is 14.3. The minimum absolute atomic E-state index is 0.185. The van der Waals surface area contributed by atoms with E-state index in [0.29, 0.717) is 10.8 Å². The van der Waals surface area contributed by atoms with Crippen LogP contribution in [0.1, 0.15) is 22.7 Å². The fraction of sp³-hybridized carbons (Fsp3) is 0.500. The molecule has 0 saturated heterocycles. The van der Waals surface area contributed by atoms with Crippen molar-refractivity contribution in [2.24, 2.45) is 11.5 Å². The van der Waals surface area contributed by atoms with E-state index >= 15 is 0 Å². The smallest absolute Gasteiger partial charge is 0.124 e. The van der Waals surface area contributed by atoms with E-state index in [1.807, 2.05) is 19.9 Å². The summed E-state index contributed by atoms with van der Waals surface area (Å²) in [6.45, 7) is 3.59. The number of aryl methyl sites for hydroxylation is 1. The highest BCUT2D eigenvalue weighted by Crippen LogP contribution is 2.35. The second-order valence-electron chi connectivity index (χ2n) is 4.12. The van der Waals surface area contributed by atoms with Crippen molar-refractivity contribution in [2.45, 2.75) is 25.9 Å². The molecule has 0 aliphatic heterocycles. The molecule has 17 heavy (non-hydrogen) atoms. The molecule has 5 N–H and O–H groups in total. The SMILES string of the molecule is COc1cc(C)c(Cl)c(C)c1C(N)C(N)CO. The third kappa shape index (κ3) is 2.72. The van der Waals surface area contributed by atoms with E-state index in [4.69, 9.17) is 32.9 Å². The maximum Gasteiger partial charge on any atom is 0.124 e. The number of ether oxygens (including phenoxy) is 1. The molecule has 2 atom stereocenters. The van der Waals surface area contributed by atoms with E-state index in [2.05, 4.69) is 0 Å². The van der Waals surface area contributed by atoms with Gasteiger partial charge in [0.15, 0.2) is 0 Å². The Hall–Kier alpha value is -0.810. The van der Waals surface area contributed by atoms with Gasteiger partial charge in [0.1, 0.15) is 5.75 Å². The van der Waals surface area contributed by atoms with Crippen molar-refractivity contribution < 1.29 is 9.84 Å². The van der Waals surface area contributed by atoms with Gasteiger partial charge >= 0.3 is 0 Å². The predicted octanol–water partition coefficient (Wildman–Crippen LogP) is 1.28. The van der Waals surface area contributed by atoms with Crippen molar-refractivity contribution in [3.8, 4) is 5.75 Å². The third-order valence-corrected chi connectivity index (χ3v) is 3.50. The van der Waals surface area contributed by atoms with E-state index in [1.54, 1.807) is 7.11 Å². The molecule has 0 radical (unpaired) electrons. The summed E-state index contributed by atoms with van der Waals surface area (Å²) < 4.78 is 5.30. The van der Waals surface area contributed by atoms with Crippen molar-refractivity contribution in [1.29, 1.82) is 0 Å². The molecule has 0 bridgehead atoms. The standard InChI is InChI=1S/C12H19ClN2O2/c1-6-4-9(17-3)10(7(2)11(6)13)12(15)8(14)5-16/h4,8,12,16H,5,14-15H2,1-3H3. The molecule has 0 aromatic heterocycles. The molecule has 1 rings (SSSR count). The number of aliphatic hydroxyl groups excluding tert-OH is 1. The second-order valence-corrected chi connectivity index (χ2v) is 4.50. The Morgan fingerprint density at radius 1 is 1.41 bits per heavy atom. The summed E-state index contributed by atoms with van der Waals surface area (Å²) in [4.78, 5) is 0. The zero-order valence-corrected chi connectivity index (χ0v) is 11.1. The summed E-state index contributed by atoms with van der Waals surface area (Å²) in [5.74, 6) is 0.654. The quantitative estimate of drug-likeness (QED) is 0.760. The van der Waals surface area contributed by atoms with Crippen molar-refractivity contribution in [3.05, 3.63) is 27.8 Å². The van der Waals surface area contributed by atoms with Crippen molar-refractivity contribution >= 4 is 11.6 Å². The largest absolute Gasteiger partial charge is 0.496 e. The van der Waals surface area contributed by atoms with E-state index in [9.17, 15) is 0 Å². The Morgan fingerprint density at radius 3 is 2.47 bits per heavy atom. The van der Waals surface area contributed by atoms with Crippen LogP contribution >= 0.6 is 11.6 Å². The zero-order valence-electron chi connectivity index (χ0n) is 10.3. The highest BCUT2D eigenvalue weighted by atomic mass is 35.5. The van der Waals surface area contributed by atoms with Gasteiger partial charge in [0.2, 0.25) is 0 Å². The van der Waals surface area contributed by atoms with Crippen LogP contribution in [0.25, 0.3) is 0 Å². The number of methoxy groups -OCH3 is 1. The van der Waals surface area contributed by atoms with Crippen LogP contribution in [0, 0.1) is 13.8 Å². The van der Waals surface area contributed by atoms with Gasteiger partial charge < -0.3 is 21.3 Å². The van der Waals surface area contributed by atoms with Crippen LogP contribution in [0.3, 0.4) is 0 Å². The normalized spacial score (nSPS) is 14.5. The molecule has 0 spiro atoms. The molecule has 5 heteroatoms. The maximum absolute atomic E-state index is 9.07. The molecule has 0 fully saturated rings. The highest BCUT2D eigenvalue weighted by molar-refractivity contribution is 6.32. The van der Waals surface area contributed by atoms with Gasteiger partial charge in [-0.05, 0) is 31.0 Å². The lowest BCUT2D eigenvalue weighted by Gasteiger charge is -2.23. The number of nitrogens with two attached hydrogens (primary N) is 2. The van der Waals surface area contributed by atoms with E-state index in [-0.39, 0.29) is 6.61 Å². The van der Waals surface area contributed by atoms with Gasteiger partial charge in [-0.15, -0.1) is 0 Å². The third-order valence-electron chi connectivity index (χ3n) is 2.92. The Balaban J connectivity index is 3.35. The molecule has 1 aromatic carbocycles. The van der Waals surface area contributed by atoms with Crippen molar-refractivity contribution in [3.63, 3.8) is 0 Å². The summed E-state index contributed by atoms with van der Waals surface area (Å²) in [5, 5.41) is 9.72. The molecule has 0 amide bonds. The van der Waals surface area contributed by atoms with Gasteiger partial charge in [-0.3, -0.25) is 0 Å². The Bertz CT molecular complexity index is 410. The van der Waals surface area contributed by atoms with Crippen LogP contribution in [-0.2, 0) is 0 Å². The predicted molar refractivity (Wildman–Crippen MR) is 69.5 cm³/mol. The van der Waals surface area contributed by atoms with Gasteiger partial charge in [0.05, 0.1) is 19.8 Å². The van der Waals surface area contributed by atoms with Gasteiger partial charge in [0.25, 0.3) is 0 Å². The van der Waals surface area contributed by atoms with Crippen LogP contribution in [0.2, 0.25) is 5.02 Å². The molecule has 0 heterocycles. The number of benzene rings is 1. The van der Waals surface area contributed by atoms with Gasteiger partial charge in [-0.2, -0.15) is 0 Å². The highest BCUT2D eigenvalue weighted by Gasteiger charge is 2.23. The average Bonchev–Trinajstić information content (AvgIpc) is 2.33. The monoisotopic (exact) mass is 258 g/mol. The number of aliphatic hydroxyl groups is 1. The summed E-state index contributed by atoms with van der Waals surface area (Å²) in [6, 6.07) is 0.781. The molecule has 1 aromatic rings. The number of halogens is 1. The van der Waals surface area contributed by atoms with Crippen LogP contribution in [-0.4, -0.2) is 24.9 Å². The van der Waals surface area contributed by atoms with Crippen LogP contribution < -0.4 is 16.2 Å². The molecule has 2 unspecified atom stereocenters. The molecule has 0 aliphatic carbocycles. The van der Waals surface area contributed by atoms with Gasteiger partial charge in [-0.25, -0.2) is 0 Å². The lowest BCUT2D eigenvalue weighted by molar-refractivity contribution is 0.248. The number of rotatable bonds is 4. The fourth-order valence-corrected chi connectivity index (χ4v) is 2.00. The Morgan fingerprint density at radius 2 is 2.00 bits per heavy atom. The summed E-state index contributed by atoms with van der Waals surface area (Å²) in [7, 11) is 1.57. The van der Waals surface area contributed by atoms with Crippen molar-refractivity contribution in [2.75, 3.05) is 13.7 Å². The van der Waals surface area contributed by atoms with E-state index < -0.39 is 12.1 Å². The van der Waals surface area contributed by atoms with E-state index in [0.717, 1.165) is 16.7 Å². The molecule has 4 nitrogen and oxygen atoms in total. The van der Waals surface area contributed by atoms with Gasteiger partial charge in [0, 0.05) is 16.6 Å². The maximum atomic E-state index is 9.07. The van der Waals surface area contributed by atoms with E-state index in [1.165, 1.54) is 0 Å². The topological polar surface area (TPSA) is 81.5 Å². The fourth-order valence-electron chi connectivity index (χ4n) is 1.85. The first-order chi connectivity index (χ1) is 7.93. The minimum atomic E-state index is -0.540. The number of hydrogen-bond acceptors (Lipinski definition) is 4. The molecule has 96 valence electrons. The lowest BCUT2D eigenvalue weighted by atomic mass is 9.94. The summed E-state index contributed by atoms with van der Waals surface area (Å²) in [5.41, 5.74) is 14.3. The molecular formula is C12H19ClN2O2. The Kier molecular flexibility index (Phi) is 4.77. The second kappa shape index (κ2) is 5.69. The summed E-state index contributed by atoms with van der Waals surface area (Å²) >= 11 is 6.19. The first-order valence-electron chi connectivity index (χ1n) is 5.39. The van der Waals surface area contributed by atoms with Crippen molar-refractivity contribution in [1.82, 2.24) is 0 Å². The Labute approximate surface area is 107 Å². The number of hydrogen-bond donors (Lipinski definition) is 3. The average molecular weight is 259 g/mol. The lowest BCUT2D eigenvalue weighted by Crippen LogP contribution is -2.37. The van der Waals surface area contributed by atoms with Crippen LogP contribution in [0.15, 0.2) is 6.07 Å². The molecule has 0 aliphatic rings. The van der Waals surface area contributed by atoms with Crippen LogP contribution in [0.5, 0.6) is 5.75 Å². The minimum Gasteiger partial charge on any atom is -0.496 e. The zero-order chi connectivity index (χ0) is 13.2. The molecule has 0 saturated carbocycles. The van der Waals surface area contributed by atoms with Crippen LogP contribution in [0.4, 0.5) is 0 Å².